The maximum atomic E-state index is 13.0. The Bertz CT molecular complexity index is 792. The van der Waals surface area contributed by atoms with Gasteiger partial charge in [-0.25, -0.2) is 4.98 Å². The number of piperidine rings is 1. The Morgan fingerprint density at radius 2 is 2.11 bits per heavy atom. The van der Waals surface area contributed by atoms with E-state index in [1.807, 2.05) is 24.6 Å². The van der Waals surface area contributed by atoms with Crippen LogP contribution in [0, 0.1) is 19.8 Å². The first-order valence-electron chi connectivity index (χ1n) is 9.98. The zero-order valence-corrected chi connectivity index (χ0v) is 16.5. The lowest BCUT2D eigenvalue weighted by Crippen LogP contribution is -2.48. The summed E-state index contributed by atoms with van der Waals surface area (Å²) in [7, 11) is 0. The molecule has 3 aliphatic rings. The minimum Gasteiger partial charge on any atom is -0.361 e. The third kappa shape index (κ3) is 3.65. The normalized spacial score (nSPS) is 23.0. The minimum atomic E-state index is 0.219. The zero-order valence-electron chi connectivity index (χ0n) is 16.5. The molecule has 146 valence electrons. The molecule has 27 heavy (non-hydrogen) atoms. The highest BCUT2D eigenvalue weighted by atomic mass is 16.5. The molecular formula is C20H29N5O2. The Labute approximate surface area is 160 Å². The van der Waals surface area contributed by atoms with Crippen LogP contribution < -0.4 is 0 Å². The lowest BCUT2D eigenvalue weighted by atomic mass is 9.95. The van der Waals surface area contributed by atoms with Gasteiger partial charge < -0.3 is 14.0 Å². The van der Waals surface area contributed by atoms with Crippen LogP contribution in [0.1, 0.15) is 42.6 Å². The molecule has 0 radical (unpaired) electrons. The number of imidazole rings is 1. The predicted octanol–water partition coefficient (Wildman–Crippen LogP) is 2.17. The fourth-order valence-electron chi connectivity index (χ4n) is 4.60. The van der Waals surface area contributed by atoms with E-state index in [0.717, 1.165) is 56.3 Å². The van der Waals surface area contributed by atoms with Crippen LogP contribution in [-0.2, 0) is 24.3 Å². The van der Waals surface area contributed by atoms with Crippen molar-refractivity contribution in [2.75, 3.05) is 19.6 Å². The number of aryl methyl sites for hydroxylation is 3. The fraction of sp³-hybridized carbons (Fsp3) is 0.650. The van der Waals surface area contributed by atoms with Crippen LogP contribution in [0.15, 0.2) is 16.9 Å². The Balaban J connectivity index is 1.45. The van der Waals surface area contributed by atoms with Gasteiger partial charge in [0.1, 0.15) is 18.1 Å². The molecule has 2 bridgehead atoms. The van der Waals surface area contributed by atoms with Crippen LogP contribution in [0.5, 0.6) is 0 Å². The maximum absolute atomic E-state index is 13.0. The SMILES string of the molecule is CCc1nccn1CC(=O)N1C[C@H]2CC[C@@H]1CN(Cc1c(C)noc1C)C2. The molecule has 0 saturated carbocycles. The van der Waals surface area contributed by atoms with Crippen molar-refractivity contribution in [2.24, 2.45) is 5.92 Å². The number of fused-ring (bicyclic) bond motifs is 4. The topological polar surface area (TPSA) is 67.4 Å². The molecule has 3 fully saturated rings. The molecule has 3 saturated heterocycles. The van der Waals surface area contributed by atoms with Gasteiger partial charge in [0.15, 0.2) is 0 Å². The second kappa shape index (κ2) is 7.46. The molecule has 7 nitrogen and oxygen atoms in total. The van der Waals surface area contributed by atoms with Gasteiger partial charge >= 0.3 is 0 Å². The van der Waals surface area contributed by atoms with E-state index in [1.165, 1.54) is 12.0 Å². The van der Waals surface area contributed by atoms with E-state index < -0.39 is 0 Å². The van der Waals surface area contributed by atoms with Crippen molar-refractivity contribution in [3.8, 4) is 0 Å². The van der Waals surface area contributed by atoms with Crippen LogP contribution >= 0.6 is 0 Å². The number of nitrogens with zero attached hydrogens (tertiary/aromatic N) is 5. The van der Waals surface area contributed by atoms with E-state index in [2.05, 4.69) is 26.9 Å². The standard InChI is InChI=1S/C20H29N5O2/c1-4-19-21-7-8-24(19)13-20(26)25-10-16-5-6-17(25)11-23(9-16)12-18-14(2)22-27-15(18)3/h7-8,16-17H,4-6,9-13H2,1-3H3/t16-,17+/m0/s1. The Hall–Kier alpha value is -2.15. The van der Waals surface area contributed by atoms with Gasteiger partial charge in [-0.2, -0.15) is 0 Å². The van der Waals surface area contributed by atoms with E-state index in [4.69, 9.17) is 4.52 Å². The molecule has 0 aromatic carbocycles. The summed E-state index contributed by atoms with van der Waals surface area (Å²) in [5, 5.41) is 4.09. The lowest BCUT2D eigenvalue weighted by Gasteiger charge is -2.36. The fourth-order valence-corrected chi connectivity index (χ4v) is 4.60. The summed E-state index contributed by atoms with van der Waals surface area (Å²) in [5.41, 5.74) is 2.17. The van der Waals surface area contributed by atoms with Gasteiger partial charge in [0.2, 0.25) is 5.91 Å². The van der Waals surface area contributed by atoms with Gasteiger partial charge in [-0.05, 0) is 32.6 Å². The van der Waals surface area contributed by atoms with E-state index in [9.17, 15) is 4.79 Å². The molecule has 7 heteroatoms. The van der Waals surface area contributed by atoms with E-state index >= 15 is 0 Å². The first-order chi connectivity index (χ1) is 13.0. The Morgan fingerprint density at radius 3 is 2.85 bits per heavy atom. The van der Waals surface area contributed by atoms with Gasteiger partial charge in [-0.1, -0.05) is 12.1 Å². The van der Waals surface area contributed by atoms with E-state index in [-0.39, 0.29) is 5.91 Å². The highest BCUT2D eigenvalue weighted by Gasteiger charge is 2.37. The number of amides is 1. The van der Waals surface area contributed by atoms with E-state index in [0.29, 0.717) is 18.5 Å². The summed E-state index contributed by atoms with van der Waals surface area (Å²) in [6.45, 7) is 10.2. The lowest BCUT2D eigenvalue weighted by molar-refractivity contribution is -0.136. The molecule has 0 unspecified atom stereocenters. The summed E-state index contributed by atoms with van der Waals surface area (Å²) < 4.78 is 7.32. The molecule has 2 aromatic rings. The third-order valence-electron chi connectivity index (χ3n) is 6.10. The minimum absolute atomic E-state index is 0.219. The number of aromatic nitrogens is 3. The molecule has 0 aliphatic carbocycles. The van der Waals surface area contributed by atoms with E-state index in [1.54, 1.807) is 6.20 Å². The molecule has 5 rings (SSSR count). The number of rotatable bonds is 5. The summed E-state index contributed by atoms with van der Waals surface area (Å²) in [6.07, 6.45) is 6.84. The Kier molecular flexibility index (Phi) is 5.04. The summed E-state index contributed by atoms with van der Waals surface area (Å²) in [5.74, 6) is 2.64. The number of hydrogen-bond acceptors (Lipinski definition) is 5. The van der Waals surface area contributed by atoms with Gasteiger partial charge in [0.25, 0.3) is 0 Å². The van der Waals surface area contributed by atoms with Crippen molar-refractivity contribution in [1.82, 2.24) is 24.5 Å². The predicted molar refractivity (Wildman–Crippen MR) is 101 cm³/mol. The van der Waals surface area contributed by atoms with Crippen molar-refractivity contribution in [2.45, 2.75) is 59.2 Å². The quantitative estimate of drug-likeness (QED) is 0.806. The summed E-state index contributed by atoms with van der Waals surface area (Å²) >= 11 is 0. The van der Waals surface area contributed by atoms with Crippen LogP contribution in [0.4, 0.5) is 0 Å². The van der Waals surface area contributed by atoms with Crippen LogP contribution in [-0.4, -0.2) is 56.1 Å². The third-order valence-corrected chi connectivity index (χ3v) is 6.10. The van der Waals surface area contributed by atoms with Crippen LogP contribution in [0.3, 0.4) is 0 Å². The first-order valence-corrected chi connectivity index (χ1v) is 9.98. The second-order valence-electron chi connectivity index (χ2n) is 7.97. The highest BCUT2D eigenvalue weighted by molar-refractivity contribution is 5.76. The smallest absolute Gasteiger partial charge is 0.242 e. The Morgan fingerprint density at radius 1 is 1.26 bits per heavy atom. The summed E-state index contributed by atoms with van der Waals surface area (Å²) in [6, 6.07) is 0.297. The average molecular weight is 371 g/mol. The monoisotopic (exact) mass is 371 g/mol. The number of hydrogen-bond donors (Lipinski definition) is 0. The van der Waals surface area contributed by atoms with Crippen molar-refractivity contribution < 1.29 is 9.32 Å². The van der Waals surface area contributed by atoms with Crippen molar-refractivity contribution in [3.63, 3.8) is 0 Å². The van der Waals surface area contributed by atoms with Gasteiger partial charge in [0.05, 0.1) is 5.69 Å². The average Bonchev–Trinajstić information content (AvgIpc) is 3.10. The highest BCUT2D eigenvalue weighted by Crippen LogP contribution is 2.30. The molecule has 0 N–H and O–H groups in total. The summed E-state index contributed by atoms with van der Waals surface area (Å²) in [4.78, 5) is 22.0. The number of carbonyl (C=O) groups is 1. The molecule has 1 amide bonds. The molecule has 5 heterocycles. The largest absolute Gasteiger partial charge is 0.361 e. The molecule has 0 spiro atoms. The molecule has 2 aromatic heterocycles. The zero-order chi connectivity index (χ0) is 19.0. The van der Waals surface area contributed by atoms with Gasteiger partial charge in [-0.15, -0.1) is 0 Å². The molecular weight excluding hydrogens is 342 g/mol. The number of carbonyl (C=O) groups excluding carboxylic acids is 1. The van der Waals surface area contributed by atoms with Gasteiger partial charge in [0, 0.05) is 56.6 Å². The second-order valence-corrected chi connectivity index (χ2v) is 7.97. The van der Waals surface area contributed by atoms with Crippen LogP contribution in [0.2, 0.25) is 0 Å². The van der Waals surface area contributed by atoms with Crippen molar-refractivity contribution >= 4 is 5.91 Å². The van der Waals surface area contributed by atoms with Gasteiger partial charge in [-0.3, -0.25) is 9.69 Å². The maximum Gasteiger partial charge on any atom is 0.242 e. The molecule has 2 atom stereocenters. The van der Waals surface area contributed by atoms with Crippen molar-refractivity contribution in [3.05, 3.63) is 35.2 Å². The van der Waals surface area contributed by atoms with Crippen LogP contribution in [0.25, 0.3) is 0 Å². The first kappa shape index (κ1) is 18.2. The molecule has 3 aliphatic heterocycles. The van der Waals surface area contributed by atoms with Crippen molar-refractivity contribution in [1.29, 1.82) is 0 Å².